The first-order chi connectivity index (χ1) is 9.90. The topological polar surface area (TPSA) is 81.1 Å². The van der Waals surface area contributed by atoms with Crippen LogP contribution in [0.5, 0.6) is 5.75 Å². The Bertz CT molecular complexity index is 551. The number of nitrogens with zero attached hydrogens (tertiary/aromatic N) is 2. The number of carboxylic acid groups (broad SMARTS) is 1. The number of phenolic OH excluding ortho intramolecular Hbond substituents is 1. The van der Waals surface area contributed by atoms with Gasteiger partial charge < -0.3 is 15.1 Å². The second-order valence-corrected chi connectivity index (χ2v) is 5.35. The molecule has 1 amide bonds. The van der Waals surface area contributed by atoms with Crippen LogP contribution in [0.25, 0.3) is 0 Å². The van der Waals surface area contributed by atoms with Crippen molar-refractivity contribution in [3.05, 3.63) is 29.3 Å². The number of hydrogen-bond acceptors (Lipinski definition) is 4. The lowest BCUT2D eigenvalue weighted by molar-refractivity contribution is -0.145. The van der Waals surface area contributed by atoms with Gasteiger partial charge in [0.05, 0.1) is 0 Å². The summed E-state index contributed by atoms with van der Waals surface area (Å²) in [5.41, 5.74) is 1.30. The SMILES string of the molecule is CC(=O)N1CCN(C(C(=O)O)c2cc(C)ccc2O)CC1. The molecule has 0 saturated carbocycles. The number of phenols is 1. The number of benzene rings is 1. The fraction of sp³-hybridized carbons (Fsp3) is 0.467. The number of aliphatic carboxylic acids is 1. The predicted octanol–water partition coefficient (Wildman–Crippen LogP) is 0.990. The molecule has 0 aliphatic carbocycles. The van der Waals surface area contributed by atoms with Crippen molar-refractivity contribution in [2.45, 2.75) is 19.9 Å². The number of aromatic hydroxyl groups is 1. The van der Waals surface area contributed by atoms with Gasteiger partial charge in [0, 0.05) is 38.7 Å². The van der Waals surface area contributed by atoms with E-state index in [1.54, 1.807) is 21.9 Å². The Morgan fingerprint density at radius 1 is 1.19 bits per heavy atom. The Labute approximate surface area is 123 Å². The molecule has 21 heavy (non-hydrogen) atoms. The van der Waals surface area contributed by atoms with E-state index in [1.165, 1.54) is 13.0 Å². The molecule has 1 heterocycles. The smallest absolute Gasteiger partial charge is 0.325 e. The summed E-state index contributed by atoms with van der Waals surface area (Å²) in [4.78, 5) is 26.5. The highest BCUT2D eigenvalue weighted by Gasteiger charge is 2.32. The summed E-state index contributed by atoms with van der Waals surface area (Å²) in [6.07, 6.45) is 0. The number of carbonyl (C=O) groups excluding carboxylic acids is 1. The minimum atomic E-state index is -0.993. The maximum Gasteiger partial charge on any atom is 0.325 e. The van der Waals surface area contributed by atoms with E-state index in [1.807, 2.05) is 6.92 Å². The van der Waals surface area contributed by atoms with E-state index in [9.17, 15) is 19.8 Å². The first-order valence-electron chi connectivity index (χ1n) is 6.92. The van der Waals surface area contributed by atoms with E-state index < -0.39 is 12.0 Å². The lowest BCUT2D eigenvalue weighted by atomic mass is 10.0. The standard InChI is InChI=1S/C15H20N2O4/c1-10-3-4-13(19)12(9-10)14(15(20)21)17-7-5-16(6-8-17)11(2)18/h3-4,9,14,19H,5-8H2,1-2H3,(H,20,21). The van der Waals surface area contributed by atoms with Crippen LogP contribution in [0.4, 0.5) is 0 Å². The van der Waals surface area contributed by atoms with Gasteiger partial charge in [-0.15, -0.1) is 0 Å². The molecule has 2 rings (SSSR count). The zero-order chi connectivity index (χ0) is 15.6. The van der Waals surface area contributed by atoms with Crippen molar-refractivity contribution < 1.29 is 19.8 Å². The molecule has 6 nitrogen and oxygen atoms in total. The van der Waals surface area contributed by atoms with Gasteiger partial charge in [-0.3, -0.25) is 14.5 Å². The highest BCUT2D eigenvalue weighted by Crippen LogP contribution is 2.30. The van der Waals surface area contributed by atoms with Crippen molar-refractivity contribution >= 4 is 11.9 Å². The number of rotatable bonds is 3. The Morgan fingerprint density at radius 2 is 1.81 bits per heavy atom. The molecule has 6 heteroatoms. The van der Waals surface area contributed by atoms with Crippen LogP contribution in [0.1, 0.15) is 24.1 Å². The van der Waals surface area contributed by atoms with Crippen LogP contribution in [0.2, 0.25) is 0 Å². The molecule has 1 aliphatic rings. The van der Waals surface area contributed by atoms with Crippen LogP contribution in [0.3, 0.4) is 0 Å². The highest BCUT2D eigenvalue weighted by atomic mass is 16.4. The van der Waals surface area contributed by atoms with Crippen LogP contribution in [0, 0.1) is 6.92 Å². The predicted molar refractivity (Wildman–Crippen MR) is 77.0 cm³/mol. The average molecular weight is 292 g/mol. The Kier molecular flexibility index (Phi) is 4.47. The molecule has 0 spiro atoms. The third kappa shape index (κ3) is 3.33. The average Bonchev–Trinajstić information content (AvgIpc) is 2.43. The lowest BCUT2D eigenvalue weighted by Crippen LogP contribution is -2.50. The molecule has 114 valence electrons. The van der Waals surface area contributed by atoms with Crippen molar-refractivity contribution in [3.8, 4) is 5.75 Å². The summed E-state index contributed by atoms with van der Waals surface area (Å²) >= 11 is 0. The van der Waals surface area contributed by atoms with Gasteiger partial charge in [-0.25, -0.2) is 0 Å². The molecular formula is C15H20N2O4. The molecule has 1 aromatic carbocycles. The van der Waals surface area contributed by atoms with E-state index >= 15 is 0 Å². The number of aryl methyl sites for hydroxylation is 1. The largest absolute Gasteiger partial charge is 0.508 e. The minimum absolute atomic E-state index is 0.0000669. The van der Waals surface area contributed by atoms with E-state index in [4.69, 9.17) is 0 Å². The first-order valence-corrected chi connectivity index (χ1v) is 6.92. The first kappa shape index (κ1) is 15.3. The summed E-state index contributed by atoms with van der Waals surface area (Å²) in [7, 11) is 0. The number of piperazine rings is 1. The van der Waals surface area contributed by atoms with Gasteiger partial charge in [-0.2, -0.15) is 0 Å². The van der Waals surface area contributed by atoms with Crippen molar-refractivity contribution in [2.24, 2.45) is 0 Å². The monoisotopic (exact) mass is 292 g/mol. The quantitative estimate of drug-likeness (QED) is 0.868. The second-order valence-electron chi connectivity index (χ2n) is 5.35. The Morgan fingerprint density at radius 3 is 2.33 bits per heavy atom. The van der Waals surface area contributed by atoms with Gasteiger partial charge in [-0.05, 0) is 13.0 Å². The van der Waals surface area contributed by atoms with Crippen LogP contribution in [0.15, 0.2) is 18.2 Å². The van der Waals surface area contributed by atoms with Crippen molar-refractivity contribution in [2.75, 3.05) is 26.2 Å². The lowest BCUT2D eigenvalue weighted by Gasteiger charge is -2.37. The van der Waals surface area contributed by atoms with Gasteiger partial charge >= 0.3 is 5.97 Å². The Balaban J connectivity index is 2.23. The fourth-order valence-electron chi connectivity index (χ4n) is 2.67. The number of carboxylic acids is 1. The van der Waals surface area contributed by atoms with E-state index in [-0.39, 0.29) is 11.7 Å². The molecule has 1 unspecified atom stereocenters. The molecular weight excluding hydrogens is 272 g/mol. The normalized spacial score (nSPS) is 17.5. The highest BCUT2D eigenvalue weighted by molar-refractivity contribution is 5.77. The molecule has 2 N–H and O–H groups in total. The van der Waals surface area contributed by atoms with Gasteiger partial charge in [0.15, 0.2) is 0 Å². The summed E-state index contributed by atoms with van der Waals surface area (Å²) in [5, 5.41) is 19.5. The summed E-state index contributed by atoms with van der Waals surface area (Å²) in [5.74, 6) is -1.01. The van der Waals surface area contributed by atoms with Crippen LogP contribution in [-0.4, -0.2) is 58.1 Å². The molecule has 1 aliphatic heterocycles. The molecule has 0 aromatic heterocycles. The number of hydrogen-bond donors (Lipinski definition) is 2. The molecule has 1 atom stereocenters. The second kappa shape index (κ2) is 6.13. The Hall–Kier alpha value is -2.08. The van der Waals surface area contributed by atoms with Gasteiger partial charge in [-0.1, -0.05) is 17.7 Å². The number of carbonyl (C=O) groups is 2. The van der Waals surface area contributed by atoms with Crippen molar-refractivity contribution in [3.63, 3.8) is 0 Å². The molecule has 1 fully saturated rings. The molecule has 0 radical (unpaired) electrons. The fourth-order valence-corrected chi connectivity index (χ4v) is 2.67. The summed E-state index contributed by atoms with van der Waals surface area (Å²) in [6, 6.07) is 4.07. The summed E-state index contributed by atoms with van der Waals surface area (Å²) < 4.78 is 0. The number of amides is 1. The molecule has 1 aromatic rings. The van der Waals surface area contributed by atoms with E-state index in [2.05, 4.69) is 0 Å². The third-order valence-corrected chi connectivity index (χ3v) is 3.84. The van der Waals surface area contributed by atoms with Crippen molar-refractivity contribution in [1.29, 1.82) is 0 Å². The molecule has 1 saturated heterocycles. The van der Waals surface area contributed by atoms with Gasteiger partial charge in [0.2, 0.25) is 5.91 Å². The van der Waals surface area contributed by atoms with E-state index in [0.29, 0.717) is 31.7 Å². The van der Waals surface area contributed by atoms with Crippen LogP contribution < -0.4 is 0 Å². The van der Waals surface area contributed by atoms with Gasteiger partial charge in [0.25, 0.3) is 0 Å². The minimum Gasteiger partial charge on any atom is -0.508 e. The maximum absolute atomic E-state index is 11.6. The zero-order valence-corrected chi connectivity index (χ0v) is 12.2. The zero-order valence-electron chi connectivity index (χ0n) is 12.2. The van der Waals surface area contributed by atoms with Crippen LogP contribution in [-0.2, 0) is 9.59 Å². The van der Waals surface area contributed by atoms with E-state index in [0.717, 1.165) is 5.56 Å². The van der Waals surface area contributed by atoms with Gasteiger partial charge in [0.1, 0.15) is 11.8 Å². The molecule has 0 bridgehead atoms. The van der Waals surface area contributed by atoms with Crippen molar-refractivity contribution in [1.82, 2.24) is 9.80 Å². The maximum atomic E-state index is 11.6. The summed E-state index contributed by atoms with van der Waals surface area (Å²) in [6.45, 7) is 5.33. The third-order valence-electron chi connectivity index (χ3n) is 3.84. The van der Waals surface area contributed by atoms with Crippen LogP contribution >= 0.6 is 0 Å².